The molecule has 2 aromatic rings. The second-order valence-electron chi connectivity index (χ2n) is 4.09. The Hall–Kier alpha value is -1.65. The van der Waals surface area contributed by atoms with Crippen LogP contribution in [-0.2, 0) is 17.8 Å². The molecule has 1 amide bonds. The smallest absolute Gasteiger partial charge is 0.237 e. The molecule has 1 aromatic heterocycles. The van der Waals surface area contributed by atoms with E-state index in [1.54, 1.807) is 11.3 Å². The number of benzene rings is 1. The molecule has 0 aliphatic rings. The van der Waals surface area contributed by atoms with Crippen molar-refractivity contribution < 1.29 is 4.79 Å². The first kappa shape index (κ1) is 12.8. The fourth-order valence-electron chi connectivity index (χ4n) is 1.68. The number of rotatable bonds is 5. The maximum absolute atomic E-state index is 11.8. The molecule has 0 spiro atoms. The molecule has 1 unspecified atom stereocenters. The van der Waals surface area contributed by atoms with Crippen molar-refractivity contribution in [2.45, 2.75) is 19.0 Å². The second-order valence-corrected chi connectivity index (χ2v) is 5.13. The SMILES string of the molecule is NC(Cc1ccccc1)C(=O)NCc1cccs1. The predicted molar refractivity (Wildman–Crippen MR) is 74.3 cm³/mol. The van der Waals surface area contributed by atoms with Crippen LogP contribution in [0.5, 0.6) is 0 Å². The van der Waals surface area contributed by atoms with Crippen LogP contribution in [0.3, 0.4) is 0 Å². The molecular formula is C14H16N2OS. The molecule has 1 aromatic carbocycles. The minimum atomic E-state index is -0.493. The van der Waals surface area contributed by atoms with Gasteiger partial charge in [-0.2, -0.15) is 0 Å². The molecule has 0 radical (unpaired) electrons. The average Bonchev–Trinajstić information content (AvgIpc) is 2.90. The Balaban J connectivity index is 1.82. The number of carbonyl (C=O) groups is 1. The highest BCUT2D eigenvalue weighted by Gasteiger charge is 2.13. The first-order valence-corrected chi connectivity index (χ1v) is 6.73. The minimum Gasteiger partial charge on any atom is -0.350 e. The van der Waals surface area contributed by atoms with Gasteiger partial charge < -0.3 is 11.1 Å². The Morgan fingerprint density at radius 2 is 2.00 bits per heavy atom. The van der Waals surface area contributed by atoms with Gasteiger partial charge in [0, 0.05) is 4.88 Å². The van der Waals surface area contributed by atoms with E-state index in [1.807, 2.05) is 47.8 Å². The van der Waals surface area contributed by atoms with E-state index in [4.69, 9.17) is 5.73 Å². The van der Waals surface area contributed by atoms with Gasteiger partial charge in [0.1, 0.15) is 0 Å². The molecular weight excluding hydrogens is 244 g/mol. The van der Waals surface area contributed by atoms with Gasteiger partial charge in [0.2, 0.25) is 5.91 Å². The molecule has 0 bridgehead atoms. The largest absolute Gasteiger partial charge is 0.350 e. The van der Waals surface area contributed by atoms with Crippen LogP contribution in [0.4, 0.5) is 0 Å². The fraction of sp³-hybridized carbons (Fsp3) is 0.214. The summed E-state index contributed by atoms with van der Waals surface area (Å²) < 4.78 is 0. The van der Waals surface area contributed by atoms with Crippen LogP contribution >= 0.6 is 11.3 Å². The standard InChI is InChI=1S/C14H16N2OS/c15-13(9-11-5-2-1-3-6-11)14(17)16-10-12-7-4-8-18-12/h1-8,13H,9-10,15H2,(H,16,17). The van der Waals surface area contributed by atoms with E-state index in [9.17, 15) is 4.79 Å². The Morgan fingerprint density at radius 1 is 1.22 bits per heavy atom. The molecule has 2 rings (SSSR count). The van der Waals surface area contributed by atoms with Gasteiger partial charge in [-0.1, -0.05) is 36.4 Å². The zero-order valence-corrected chi connectivity index (χ0v) is 10.8. The number of nitrogens with two attached hydrogens (primary N) is 1. The van der Waals surface area contributed by atoms with Gasteiger partial charge in [0.15, 0.2) is 0 Å². The molecule has 0 saturated carbocycles. The number of carbonyl (C=O) groups excluding carboxylic acids is 1. The van der Waals surface area contributed by atoms with Crippen molar-refractivity contribution in [3.05, 3.63) is 58.3 Å². The lowest BCUT2D eigenvalue weighted by Gasteiger charge is -2.11. The topological polar surface area (TPSA) is 55.1 Å². The van der Waals surface area contributed by atoms with E-state index in [1.165, 1.54) is 0 Å². The molecule has 18 heavy (non-hydrogen) atoms. The van der Waals surface area contributed by atoms with Crippen molar-refractivity contribution in [1.82, 2.24) is 5.32 Å². The van der Waals surface area contributed by atoms with Gasteiger partial charge in [0.25, 0.3) is 0 Å². The Morgan fingerprint density at radius 3 is 2.67 bits per heavy atom. The van der Waals surface area contributed by atoms with Crippen LogP contribution in [0, 0.1) is 0 Å². The summed E-state index contributed by atoms with van der Waals surface area (Å²) in [6.45, 7) is 0.555. The molecule has 0 saturated heterocycles. The molecule has 1 heterocycles. The lowest BCUT2D eigenvalue weighted by Crippen LogP contribution is -2.41. The van der Waals surface area contributed by atoms with Crippen LogP contribution in [-0.4, -0.2) is 11.9 Å². The normalized spacial score (nSPS) is 12.1. The van der Waals surface area contributed by atoms with Gasteiger partial charge in [0.05, 0.1) is 12.6 Å². The van der Waals surface area contributed by atoms with E-state index >= 15 is 0 Å². The van der Waals surface area contributed by atoms with Crippen molar-refractivity contribution in [3.8, 4) is 0 Å². The molecule has 4 heteroatoms. The summed E-state index contributed by atoms with van der Waals surface area (Å²) in [5, 5.41) is 4.84. The maximum atomic E-state index is 11.8. The third-order valence-electron chi connectivity index (χ3n) is 2.65. The third kappa shape index (κ3) is 3.68. The fourth-order valence-corrected chi connectivity index (χ4v) is 2.32. The van der Waals surface area contributed by atoms with Crippen LogP contribution in [0.25, 0.3) is 0 Å². The lowest BCUT2D eigenvalue weighted by atomic mass is 10.1. The van der Waals surface area contributed by atoms with Gasteiger partial charge in [-0.25, -0.2) is 0 Å². The summed E-state index contributed by atoms with van der Waals surface area (Å²) >= 11 is 1.63. The van der Waals surface area contributed by atoms with Crippen molar-refractivity contribution in [2.75, 3.05) is 0 Å². The summed E-state index contributed by atoms with van der Waals surface area (Å²) in [5.74, 6) is -0.104. The summed E-state index contributed by atoms with van der Waals surface area (Å²) in [6, 6.07) is 13.3. The van der Waals surface area contributed by atoms with Crippen molar-refractivity contribution >= 4 is 17.2 Å². The highest BCUT2D eigenvalue weighted by Crippen LogP contribution is 2.07. The quantitative estimate of drug-likeness (QED) is 0.863. The van der Waals surface area contributed by atoms with Gasteiger partial charge >= 0.3 is 0 Å². The highest BCUT2D eigenvalue weighted by molar-refractivity contribution is 7.09. The molecule has 0 aliphatic heterocycles. The summed E-state index contributed by atoms with van der Waals surface area (Å²) in [4.78, 5) is 12.9. The second kappa shape index (κ2) is 6.33. The third-order valence-corrected chi connectivity index (χ3v) is 3.53. The monoisotopic (exact) mass is 260 g/mol. The van der Waals surface area contributed by atoms with Gasteiger partial charge in [-0.3, -0.25) is 4.79 Å². The zero-order valence-electron chi connectivity index (χ0n) is 10.0. The summed E-state index contributed by atoms with van der Waals surface area (Å²) in [7, 11) is 0. The summed E-state index contributed by atoms with van der Waals surface area (Å²) in [5.41, 5.74) is 6.96. The Labute approximate surface area is 111 Å². The predicted octanol–water partition coefficient (Wildman–Crippen LogP) is 1.93. The highest BCUT2D eigenvalue weighted by atomic mass is 32.1. The van der Waals surface area contributed by atoms with E-state index in [-0.39, 0.29) is 5.91 Å². The lowest BCUT2D eigenvalue weighted by molar-refractivity contribution is -0.122. The zero-order chi connectivity index (χ0) is 12.8. The van der Waals surface area contributed by atoms with Crippen molar-refractivity contribution in [1.29, 1.82) is 0 Å². The number of thiophene rings is 1. The summed E-state index contributed by atoms with van der Waals surface area (Å²) in [6.07, 6.45) is 0.567. The van der Waals surface area contributed by atoms with E-state index in [2.05, 4.69) is 5.32 Å². The molecule has 0 fully saturated rings. The van der Waals surface area contributed by atoms with Crippen molar-refractivity contribution in [3.63, 3.8) is 0 Å². The van der Waals surface area contributed by atoms with E-state index in [0.29, 0.717) is 13.0 Å². The van der Waals surface area contributed by atoms with E-state index in [0.717, 1.165) is 10.4 Å². The van der Waals surface area contributed by atoms with E-state index < -0.39 is 6.04 Å². The maximum Gasteiger partial charge on any atom is 0.237 e. The molecule has 3 N–H and O–H groups in total. The molecule has 0 aliphatic carbocycles. The minimum absolute atomic E-state index is 0.104. The molecule has 3 nitrogen and oxygen atoms in total. The van der Waals surface area contributed by atoms with Gasteiger partial charge in [-0.05, 0) is 23.4 Å². The first-order chi connectivity index (χ1) is 8.75. The number of amides is 1. The number of nitrogens with one attached hydrogen (secondary N) is 1. The average molecular weight is 260 g/mol. The molecule has 94 valence electrons. The van der Waals surface area contributed by atoms with Crippen LogP contribution in [0.2, 0.25) is 0 Å². The van der Waals surface area contributed by atoms with Crippen LogP contribution in [0.1, 0.15) is 10.4 Å². The first-order valence-electron chi connectivity index (χ1n) is 5.85. The molecule has 1 atom stereocenters. The Kier molecular flexibility index (Phi) is 4.50. The van der Waals surface area contributed by atoms with Gasteiger partial charge in [-0.15, -0.1) is 11.3 Å². The number of hydrogen-bond donors (Lipinski definition) is 2. The van der Waals surface area contributed by atoms with Crippen LogP contribution < -0.4 is 11.1 Å². The van der Waals surface area contributed by atoms with Crippen LogP contribution in [0.15, 0.2) is 47.8 Å². The van der Waals surface area contributed by atoms with Crippen molar-refractivity contribution in [2.24, 2.45) is 5.73 Å². The number of hydrogen-bond acceptors (Lipinski definition) is 3. The Bertz CT molecular complexity index is 482.